The van der Waals surface area contributed by atoms with Crippen LogP contribution in [0.1, 0.15) is 5.56 Å². The molecule has 25 heavy (non-hydrogen) atoms. The lowest BCUT2D eigenvalue weighted by Gasteiger charge is -2.11. The van der Waals surface area contributed by atoms with Crippen LogP contribution < -0.4 is 20.9 Å². The molecule has 0 heterocycles. The van der Waals surface area contributed by atoms with E-state index < -0.39 is 5.91 Å². The normalized spacial score (nSPS) is 9.80. The summed E-state index contributed by atoms with van der Waals surface area (Å²) in [5.74, 6) is -0.223. The summed E-state index contributed by atoms with van der Waals surface area (Å²) in [6.07, 6.45) is 0.198. The van der Waals surface area contributed by atoms with E-state index in [0.717, 1.165) is 5.56 Å². The predicted molar refractivity (Wildman–Crippen MR) is 99.1 cm³/mol. The molecule has 0 aromatic heterocycles. The maximum absolute atomic E-state index is 11.8. The SMILES string of the molecule is O=C(Cc1ccccc1)NNC(=S)NC(=O)COc1ccc(Cl)cc1. The van der Waals surface area contributed by atoms with E-state index in [0.29, 0.717) is 10.8 Å². The summed E-state index contributed by atoms with van der Waals surface area (Å²) in [5.41, 5.74) is 5.75. The van der Waals surface area contributed by atoms with Crippen LogP contribution in [-0.2, 0) is 16.0 Å². The monoisotopic (exact) mass is 377 g/mol. The smallest absolute Gasteiger partial charge is 0.264 e. The van der Waals surface area contributed by atoms with Gasteiger partial charge >= 0.3 is 0 Å². The lowest BCUT2D eigenvalue weighted by molar-refractivity contribution is -0.122. The Morgan fingerprint density at radius 2 is 1.64 bits per heavy atom. The molecule has 0 aliphatic heterocycles. The van der Waals surface area contributed by atoms with Gasteiger partial charge in [-0.2, -0.15) is 0 Å². The zero-order valence-corrected chi connectivity index (χ0v) is 14.7. The minimum absolute atomic E-state index is 0.0221. The zero-order chi connectivity index (χ0) is 18.1. The van der Waals surface area contributed by atoms with Gasteiger partial charge in [-0.3, -0.25) is 25.8 Å². The summed E-state index contributed by atoms with van der Waals surface area (Å²) < 4.78 is 5.28. The molecule has 2 aromatic carbocycles. The van der Waals surface area contributed by atoms with E-state index in [1.165, 1.54) is 0 Å². The number of rotatable bonds is 5. The van der Waals surface area contributed by atoms with Gasteiger partial charge in [0.15, 0.2) is 11.7 Å². The fraction of sp³-hybridized carbons (Fsp3) is 0.118. The van der Waals surface area contributed by atoms with Gasteiger partial charge in [0.2, 0.25) is 5.91 Å². The summed E-state index contributed by atoms with van der Waals surface area (Å²) in [5, 5.41) is 2.95. The maximum Gasteiger partial charge on any atom is 0.264 e. The second-order valence-corrected chi connectivity index (χ2v) is 5.80. The van der Waals surface area contributed by atoms with Gasteiger partial charge < -0.3 is 4.74 Å². The number of amides is 2. The van der Waals surface area contributed by atoms with Crippen LogP contribution in [0.15, 0.2) is 54.6 Å². The highest BCUT2D eigenvalue weighted by atomic mass is 35.5. The number of halogens is 1. The van der Waals surface area contributed by atoms with E-state index in [-0.39, 0.29) is 24.0 Å². The minimum atomic E-state index is -0.454. The van der Waals surface area contributed by atoms with Crippen LogP contribution in [0.3, 0.4) is 0 Å². The fourth-order valence-corrected chi connectivity index (χ4v) is 2.12. The molecule has 6 nitrogen and oxygen atoms in total. The Labute approximate surface area is 155 Å². The average molecular weight is 378 g/mol. The van der Waals surface area contributed by atoms with Gasteiger partial charge in [0, 0.05) is 5.02 Å². The minimum Gasteiger partial charge on any atom is -0.484 e. The summed E-state index contributed by atoms with van der Waals surface area (Å²) >= 11 is 10.7. The number of nitrogens with one attached hydrogen (secondary N) is 3. The molecule has 0 saturated carbocycles. The third kappa shape index (κ3) is 7.19. The van der Waals surface area contributed by atoms with E-state index in [2.05, 4.69) is 16.2 Å². The molecule has 0 aliphatic carbocycles. The first-order valence-electron chi connectivity index (χ1n) is 7.34. The number of carbonyl (C=O) groups is 2. The second-order valence-electron chi connectivity index (χ2n) is 4.96. The molecule has 0 bridgehead atoms. The molecule has 0 atom stereocenters. The molecule has 2 aromatic rings. The van der Waals surface area contributed by atoms with E-state index >= 15 is 0 Å². The van der Waals surface area contributed by atoms with Gasteiger partial charge in [0.25, 0.3) is 5.91 Å². The molecule has 0 aliphatic rings. The lowest BCUT2D eigenvalue weighted by atomic mass is 10.1. The van der Waals surface area contributed by atoms with Crippen LogP contribution in [0.25, 0.3) is 0 Å². The van der Waals surface area contributed by atoms with E-state index in [4.69, 9.17) is 28.6 Å². The molecular formula is C17H16ClN3O3S. The van der Waals surface area contributed by atoms with Crippen molar-refractivity contribution in [3.05, 3.63) is 65.2 Å². The van der Waals surface area contributed by atoms with Crippen molar-refractivity contribution >= 4 is 40.7 Å². The van der Waals surface area contributed by atoms with Crippen molar-refractivity contribution in [2.75, 3.05) is 6.61 Å². The Kier molecular flexibility index (Phi) is 7.18. The highest BCUT2D eigenvalue weighted by Gasteiger charge is 2.07. The molecule has 2 rings (SSSR count). The number of hydrazine groups is 1. The molecule has 3 N–H and O–H groups in total. The van der Waals surface area contributed by atoms with Crippen molar-refractivity contribution < 1.29 is 14.3 Å². The quantitative estimate of drug-likeness (QED) is 0.548. The third-order valence-corrected chi connectivity index (χ3v) is 3.42. The number of carbonyl (C=O) groups excluding carboxylic acids is 2. The van der Waals surface area contributed by atoms with Crippen molar-refractivity contribution in [1.82, 2.24) is 16.2 Å². The number of benzene rings is 2. The molecule has 0 unspecified atom stereocenters. The molecule has 130 valence electrons. The molecule has 0 spiro atoms. The Balaban J connectivity index is 1.66. The van der Waals surface area contributed by atoms with Gasteiger partial charge in [-0.1, -0.05) is 41.9 Å². The van der Waals surface area contributed by atoms with Crippen LogP contribution in [-0.4, -0.2) is 23.5 Å². The van der Waals surface area contributed by atoms with Crippen LogP contribution in [0.5, 0.6) is 5.75 Å². The number of thiocarbonyl (C=S) groups is 1. The number of ether oxygens (including phenoxy) is 1. The van der Waals surface area contributed by atoms with Crippen LogP contribution in [0, 0.1) is 0 Å². The molecule has 8 heteroatoms. The second kappa shape index (κ2) is 9.61. The fourth-order valence-electron chi connectivity index (χ4n) is 1.83. The zero-order valence-electron chi connectivity index (χ0n) is 13.1. The average Bonchev–Trinajstić information content (AvgIpc) is 2.60. The Bertz CT molecular complexity index is 739. The first-order valence-corrected chi connectivity index (χ1v) is 8.12. The van der Waals surface area contributed by atoms with Gasteiger partial charge in [0.05, 0.1) is 6.42 Å². The number of hydrogen-bond donors (Lipinski definition) is 3. The van der Waals surface area contributed by atoms with Crippen molar-refractivity contribution in [3.63, 3.8) is 0 Å². The third-order valence-electron chi connectivity index (χ3n) is 2.96. The first-order chi connectivity index (χ1) is 12.0. The van der Waals surface area contributed by atoms with Crippen LogP contribution in [0.2, 0.25) is 5.02 Å². The van der Waals surface area contributed by atoms with E-state index in [1.54, 1.807) is 24.3 Å². The largest absolute Gasteiger partial charge is 0.484 e. The molecule has 0 saturated heterocycles. The summed E-state index contributed by atoms with van der Waals surface area (Å²) in [7, 11) is 0. The Hall–Kier alpha value is -2.64. The molecule has 0 fully saturated rings. The first kappa shape index (κ1) is 18.7. The van der Waals surface area contributed by atoms with Crippen molar-refractivity contribution in [2.45, 2.75) is 6.42 Å². The van der Waals surface area contributed by atoms with Crippen molar-refractivity contribution in [3.8, 4) is 5.75 Å². The van der Waals surface area contributed by atoms with Gasteiger partial charge in [-0.25, -0.2) is 0 Å². The highest BCUT2D eigenvalue weighted by Crippen LogP contribution is 2.15. The highest BCUT2D eigenvalue weighted by molar-refractivity contribution is 7.80. The maximum atomic E-state index is 11.8. The van der Waals surface area contributed by atoms with Crippen molar-refractivity contribution in [1.29, 1.82) is 0 Å². The van der Waals surface area contributed by atoms with Gasteiger partial charge in [0.1, 0.15) is 5.75 Å². The summed E-state index contributed by atoms with van der Waals surface area (Å²) in [6, 6.07) is 15.9. The Morgan fingerprint density at radius 3 is 2.32 bits per heavy atom. The standard InChI is InChI=1S/C17H16ClN3O3S/c18-13-6-8-14(9-7-13)24-11-16(23)19-17(25)21-20-15(22)10-12-4-2-1-3-5-12/h1-9H,10-11H2,(H,20,22)(H2,19,21,23,25). The summed E-state index contributed by atoms with van der Waals surface area (Å²) in [6.45, 7) is -0.221. The van der Waals surface area contributed by atoms with Crippen LogP contribution in [0.4, 0.5) is 0 Å². The van der Waals surface area contributed by atoms with Gasteiger partial charge in [-0.05, 0) is 42.0 Å². The lowest BCUT2D eigenvalue weighted by Crippen LogP contribution is -2.49. The Morgan fingerprint density at radius 1 is 0.960 bits per heavy atom. The molecule has 0 radical (unpaired) electrons. The van der Waals surface area contributed by atoms with E-state index in [9.17, 15) is 9.59 Å². The van der Waals surface area contributed by atoms with Crippen LogP contribution >= 0.6 is 23.8 Å². The summed E-state index contributed by atoms with van der Waals surface area (Å²) in [4.78, 5) is 23.5. The predicted octanol–water partition coefficient (Wildman–Crippen LogP) is 1.98. The topological polar surface area (TPSA) is 79.5 Å². The van der Waals surface area contributed by atoms with Crippen molar-refractivity contribution in [2.24, 2.45) is 0 Å². The van der Waals surface area contributed by atoms with Gasteiger partial charge in [-0.15, -0.1) is 0 Å². The number of hydrogen-bond acceptors (Lipinski definition) is 4. The molecule has 2 amide bonds. The van der Waals surface area contributed by atoms with E-state index in [1.807, 2.05) is 30.3 Å². The molecular weight excluding hydrogens is 362 g/mol.